The van der Waals surface area contributed by atoms with Crippen LogP contribution in [0.2, 0.25) is 0 Å². The molecule has 1 aromatic carbocycles. The number of rotatable bonds is 9. The summed E-state index contributed by atoms with van der Waals surface area (Å²) >= 11 is 1.82. The van der Waals surface area contributed by atoms with Crippen LogP contribution in [-0.2, 0) is 0 Å². The number of nitrogens with zero attached hydrogens (tertiary/aromatic N) is 1. The lowest BCUT2D eigenvalue weighted by Crippen LogP contribution is -2.36. The minimum atomic E-state index is -0.558. The van der Waals surface area contributed by atoms with E-state index in [4.69, 9.17) is 10.00 Å². The van der Waals surface area contributed by atoms with Gasteiger partial charge in [-0.3, -0.25) is 0 Å². The molecule has 0 aliphatic carbocycles. The van der Waals surface area contributed by atoms with Gasteiger partial charge in [-0.05, 0) is 43.6 Å². The van der Waals surface area contributed by atoms with Crippen molar-refractivity contribution >= 4 is 11.8 Å². The second-order valence-corrected chi connectivity index (χ2v) is 5.68. The predicted molar refractivity (Wildman–Crippen MR) is 83.1 cm³/mol. The SMILES string of the molecule is CSCCC(C)NCC(O)COc1cccc(C#N)c1. The number of thioether (sulfide) groups is 1. The maximum absolute atomic E-state index is 9.85. The van der Waals surface area contributed by atoms with Crippen LogP contribution in [0.3, 0.4) is 0 Å². The average Bonchev–Trinajstić information content (AvgIpc) is 2.49. The van der Waals surface area contributed by atoms with Gasteiger partial charge in [0.25, 0.3) is 0 Å². The summed E-state index contributed by atoms with van der Waals surface area (Å²) in [6, 6.07) is 9.38. The molecule has 1 rings (SSSR count). The summed E-state index contributed by atoms with van der Waals surface area (Å²) in [4.78, 5) is 0. The van der Waals surface area contributed by atoms with Gasteiger partial charge in [0.15, 0.2) is 0 Å². The molecule has 4 nitrogen and oxygen atoms in total. The Bertz CT molecular complexity index is 434. The lowest BCUT2D eigenvalue weighted by Gasteiger charge is -2.17. The fourth-order valence-electron chi connectivity index (χ4n) is 1.64. The van der Waals surface area contributed by atoms with Crippen molar-refractivity contribution in [3.05, 3.63) is 29.8 Å². The third-order valence-corrected chi connectivity index (χ3v) is 3.51. The summed E-state index contributed by atoms with van der Waals surface area (Å²) in [5, 5.41) is 21.9. The Balaban J connectivity index is 2.25. The number of hydrogen-bond acceptors (Lipinski definition) is 5. The molecule has 5 heteroatoms. The summed E-state index contributed by atoms with van der Waals surface area (Å²) in [5.74, 6) is 1.72. The number of aliphatic hydroxyl groups excluding tert-OH is 1. The van der Waals surface area contributed by atoms with E-state index in [1.54, 1.807) is 24.3 Å². The van der Waals surface area contributed by atoms with Crippen molar-refractivity contribution < 1.29 is 9.84 Å². The van der Waals surface area contributed by atoms with Crippen LogP contribution >= 0.6 is 11.8 Å². The zero-order chi connectivity index (χ0) is 14.8. The number of ether oxygens (including phenoxy) is 1. The fourth-order valence-corrected chi connectivity index (χ4v) is 2.23. The van der Waals surface area contributed by atoms with Gasteiger partial charge in [0.1, 0.15) is 18.5 Å². The molecule has 0 saturated heterocycles. The molecule has 2 N–H and O–H groups in total. The van der Waals surface area contributed by atoms with Gasteiger partial charge in [-0.1, -0.05) is 6.07 Å². The largest absolute Gasteiger partial charge is 0.491 e. The van der Waals surface area contributed by atoms with E-state index in [1.165, 1.54) is 0 Å². The average molecular weight is 294 g/mol. The zero-order valence-electron chi connectivity index (χ0n) is 12.0. The molecule has 0 aromatic heterocycles. The minimum Gasteiger partial charge on any atom is -0.491 e. The Labute approximate surface area is 125 Å². The fraction of sp³-hybridized carbons (Fsp3) is 0.533. The first-order valence-corrected chi connectivity index (χ1v) is 8.08. The minimum absolute atomic E-state index is 0.219. The van der Waals surface area contributed by atoms with E-state index in [0.29, 0.717) is 23.9 Å². The van der Waals surface area contributed by atoms with Gasteiger partial charge in [0.05, 0.1) is 11.6 Å². The van der Waals surface area contributed by atoms with Crippen molar-refractivity contribution in [3.8, 4) is 11.8 Å². The zero-order valence-corrected chi connectivity index (χ0v) is 12.8. The lowest BCUT2D eigenvalue weighted by atomic mass is 10.2. The number of hydrogen-bond donors (Lipinski definition) is 2. The van der Waals surface area contributed by atoms with Crippen LogP contribution in [0.4, 0.5) is 0 Å². The van der Waals surface area contributed by atoms with Crippen molar-refractivity contribution in [2.75, 3.05) is 25.2 Å². The maximum Gasteiger partial charge on any atom is 0.120 e. The molecule has 0 spiro atoms. The third kappa shape index (κ3) is 6.80. The molecule has 0 fully saturated rings. The molecule has 0 aliphatic heterocycles. The molecular formula is C15H22N2O2S. The Morgan fingerprint density at radius 1 is 1.50 bits per heavy atom. The van der Waals surface area contributed by atoms with Gasteiger partial charge in [-0.25, -0.2) is 0 Å². The standard InChI is InChI=1S/C15H22N2O2S/c1-12(6-7-20-2)17-10-14(18)11-19-15-5-3-4-13(8-15)9-16/h3-5,8,12,14,17-18H,6-7,10-11H2,1-2H3. The molecule has 2 atom stereocenters. The lowest BCUT2D eigenvalue weighted by molar-refractivity contribution is 0.104. The van der Waals surface area contributed by atoms with E-state index >= 15 is 0 Å². The second kappa shape index (κ2) is 9.65. The van der Waals surface area contributed by atoms with E-state index in [0.717, 1.165) is 12.2 Å². The van der Waals surface area contributed by atoms with Crippen LogP contribution in [0.25, 0.3) is 0 Å². The molecule has 110 valence electrons. The van der Waals surface area contributed by atoms with E-state index < -0.39 is 6.10 Å². The van der Waals surface area contributed by atoms with E-state index in [1.807, 2.05) is 11.8 Å². The topological polar surface area (TPSA) is 65.3 Å². The van der Waals surface area contributed by atoms with Crippen LogP contribution in [0.1, 0.15) is 18.9 Å². The Morgan fingerprint density at radius 2 is 2.30 bits per heavy atom. The van der Waals surface area contributed by atoms with Crippen LogP contribution in [0, 0.1) is 11.3 Å². The molecule has 1 aromatic rings. The number of nitrogens with one attached hydrogen (secondary N) is 1. The Morgan fingerprint density at radius 3 is 3.00 bits per heavy atom. The van der Waals surface area contributed by atoms with Crippen molar-refractivity contribution in [2.24, 2.45) is 0 Å². The smallest absolute Gasteiger partial charge is 0.120 e. The molecular weight excluding hydrogens is 272 g/mol. The highest BCUT2D eigenvalue weighted by Gasteiger charge is 2.08. The summed E-state index contributed by atoms with van der Waals surface area (Å²) in [6.45, 7) is 2.84. The van der Waals surface area contributed by atoms with Gasteiger partial charge in [0, 0.05) is 12.6 Å². The van der Waals surface area contributed by atoms with Crippen LogP contribution < -0.4 is 10.1 Å². The monoisotopic (exact) mass is 294 g/mol. The Hall–Kier alpha value is -1.22. The first-order chi connectivity index (χ1) is 9.65. The number of aliphatic hydroxyl groups is 1. The van der Waals surface area contributed by atoms with Gasteiger partial charge < -0.3 is 15.2 Å². The van der Waals surface area contributed by atoms with Gasteiger partial charge in [0.2, 0.25) is 0 Å². The van der Waals surface area contributed by atoms with Crippen LogP contribution in [-0.4, -0.2) is 42.4 Å². The quantitative estimate of drug-likeness (QED) is 0.729. The summed E-state index contributed by atoms with van der Waals surface area (Å²) in [5.41, 5.74) is 0.556. The molecule has 0 bridgehead atoms. The van der Waals surface area contributed by atoms with Crippen molar-refractivity contribution in [1.82, 2.24) is 5.32 Å². The van der Waals surface area contributed by atoms with E-state index in [-0.39, 0.29) is 6.61 Å². The highest BCUT2D eigenvalue weighted by molar-refractivity contribution is 7.98. The first-order valence-electron chi connectivity index (χ1n) is 6.69. The first kappa shape index (κ1) is 16.8. The molecule has 20 heavy (non-hydrogen) atoms. The van der Waals surface area contributed by atoms with Gasteiger partial charge >= 0.3 is 0 Å². The highest BCUT2D eigenvalue weighted by atomic mass is 32.2. The van der Waals surface area contributed by atoms with Crippen LogP contribution in [0.5, 0.6) is 5.75 Å². The molecule has 0 amide bonds. The molecule has 0 radical (unpaired) electrons. The van der Waals surface area contributed by atoms with Gasteiger partial charge in [-0.2, -0.15) is 17.0 Å². The predicted octanol–water partition coefficient (Wildman–Crippen LogP) is 2.03. The van der Waals surface area contributed by atoms with Crippen molar-refractivity contribution in [3.63, 3.8) is 0 Å². The van der Waals surface area contributed by atoms with Crippen LogP contribution in [0.15, 0.2) is 24.3 Å². The number of benzene rings is 1. The number of nitriles is 1. The summed E-state index contributed by atoms with van der Waals surface area (Å²) < 4.78 is 5.48. The molecule has 0 saturated carbocycles. The molecule has 2 unspecified atom stereocenters. The van der Waals surface area contributed by atoms with Crippen molar-refractivity contribution in [2.45, 2.75) is 25.5 Å². The summed E-state index contributed by atoms with van der Waals surface area (Å²) in [7, 11) is 0. The van der Waals surface area contributed by atoms with Crippen molar-refractivity contribution in [1.29, 1.82) is 5.26 Å². The summed E-state index contributed by atoms with van der Waals surface area (Å²) in [6.07, 6.45) is 2.61. The third-order valence-electron chi connectivity index (χ3n) is 2.86. The van der Waals surface area contributed by atoms with Gasteiger partial charge in [-0.15, -0.1) is 0 Å². The molecule has 0 aliphatic rings. The Kier molecular flexibility index (Phi) is 8.12. The molecule has 0 heterocycles. The normalized spacial score (nSPS) is 13.5. The maximum atomic E-state index is 9.85. The van der Waals surface area contributed by atoms with E-state index in [2.05, 4.69) is 24.6 Å². The van der Waals surface area contributed by atoms with E-state index in [9.17, 15) is 5.11 Å². The second-order valence-electron chi connectivity index (χ2n) is 4.70. The highest BCUT2D eigenvalue weighted by Crippen LogP contribution is 2.12.